The number of fused-ring (bicyclic) bond motifs is 1. The number of carbonyl (C=O) groups is 1. The molecule has 0 unspecified atom stereocenters. The predicted octanol–water partition coefficient (Wildman–Crippen LogP) is 2.43. The molecule has 1 aromatic carbocycles. The first-order chi connectivity index (χ1) is 7.56. The van der Waals surface area contributed by atoms with Crippen molar-refractivity contribution in [1.82, 2.24) is 9.78 Å². The predicted molar refractivity (Wildman–Crippen MR) is 64.5 cm³/mol. The van der Waals surface area contributed by atoms with E-state index in [4.69, 9.17) is 4.74 Å². The average Bonchev–Trinajstić information content (AvgIpc) is 2.55. The highest BCUT2D eigenvalue weighted by Crippen LogP contribution is 2.28. The third-order valence-electron chi connectivity index (χ3n) is 2.63. The molecule has 0 N–H and O–H groups in total. The molecule has 84 valence electrons. The maximum atomic E-state index is 11.7. The molecule has 0 bridgehead atoms. The second kappa shape index (κ2) is 3.90. The number of hydrogen-bond acceptors (Lipinski definition) is 3. The molecule has 0 atom stereocenters. The lowest BCUT2D eigenvalue weighted by atomic mass is 10.1. The number of hydrogen-bond donors (Lipinski definition) is 0. The molecule has 0 saturated heterocycles. The van der Waals surface area contributed by atoms with Crippen LogP contribution in [-0.4, -0.2) is 22.9 Å². The second-order valence-corrected chi connectivity index (χ2v) is 4.37. The van der Waals surface area contributed by atoms with Crippen molar-refractivity contribution in [2.75, 3.05) is 7.11 Å². The van der Waals surface area contributed by atoms with Crippen molar-refractivity contribution in [2.45, 2.75) is 6.92 Å². The quantitative estimate of drug-likeness (QED) is 0.755. The van der Waals surface area contributed by atoms with Crippen LogP contribution in [0.15, 0.2) is 16.6 Å². The maximum Gasteiger partial charge on any atom is 0.339 e. The molecule has 0 spiro atoms. The molecule has 0 fully saturated rings. The minimum absolute atomic E-state index is 0.353. The van der Waals surface area contributed by atoms with Crippen molar-refractivity contribution >= 4 is 32.8 Å². The van der Waals surface area contributed by atoms with Gasteiger partial charge in [-0.3, -0.25) is 4.68 Å². The first-order valence-corrected chi connectivity index (χ1v) is 5.55. The van der Waals surface area contributed by atoms with Crippen LogP contribution in [0.25, 0.3) is 10.9 Å². The highest BCUT2D eigenvalue weighted by molar-refractivity contribution is 9.10. The summed E-state index contributed by atoms with van der Waals surface area (Å²) in [6.07, 6.45) is 0. The van der Waals surface area contributed by atoms with E-state index in [2.05, 4.69) is 21.0 Å². The van der Waals surface area contributed by atoms with Gasteiger partial charge in [0.2, 0.25) is 0 Å². The minimum Gasteiger partial charge on any atom is -0.465 e. The van der Waals surface area contributed by atoms with Crippen LogP contribution in [0.4, 0.5) is 0 Å². The molecule has 2 aromatic rings. The number of benzene rings is 1. The molecule has 2 rings (SSSR count). The zero-order chi connectivity index (χ0) is 11.9. The second-order valence-electron chi connectivity index (χ2n) is 3.52. The molecule has 4 nitrogen and oxygen atoms in total. The number of aryl methyl sites for hydroxylation is 2. The van der Waals surface area contributed by atoms with E-state index in [1.807, 2.05) is 20.0 Å². The fraction of sp³-hybridized carbons (Fsp3) is 0.273. The zero-order valence-corrected chi connectivity index (χ0v) is 10.8. The van der Waals surface area contributed by atoms with Gasteiger partial charge in [-0.2, -0.15) is 5.10 Å². The smallest absolute Gasteiger partial charge is 0.339 e. The van der Waals surface area contributed by atoms with E-state index in [1.165, 1.54) is 7.11 Å². The standard InChI is InChI=1S/C11H11BrN2O2/c1-6-9-8(13-14(6)2)5-4-7(12)10(9)11(15)16-3/h4-5H,1-3H3. The number of esters is 1. The topological polar surface area (TPSA) is 44.1 Å². The summed E-state index contributed by atoms with van der Waals surface area (Å²) >= 11 is 3.36. The third-order valence-corrected chi connectivity index (χ3v) is 3.29. The van der Waals surface area contributed by atoms with Crippen LogP contribution in [0.3, 0.4) is 0 Å². The number of carbonyl (C=O) groups excluding carboxylic acids is 1. The van der Waals surface area contributed by atoms with Gasteiger partial charge in [0.05, 0.1) is 18.2 Å². The lowest BCUT2D eigenvalue weighted by Crippen LogP contribution is -2.03. The van der Waals surface area contributed by atoms with E-state index in [0.29, 0.717) is 5.56 Å². The van der Waals surface area contributed by atoms with Gasteiger partial charge in [0.1, 0.15) is 0 Å². The van der Waals surface area contributed by atoms with Gasteiger partial charge in [0, 0.05) is 22.6 Å². The van der Waals surface area contributed by atoms with Crippen molar-refractivity contribution in [1.29, 1.82) is 0 Å². The van der Waals surface area contributed by atoms with E-state index in [9.17, 15) is 4.79 Å². The third kappa shape index (κ3) is 1.51. The molecule has 1 aromatic heterocycles. The molecule has 0 saturated carbocycles. The summed E-state index contributed by atoms with van der Waals surface area (Å²) in [4.78, 5) is 11.7. The molecular weight excluding hydrogens is 272 g/mol. The Hall–Kier alpha value is -1.36. The Balaban J connectivity index is 2.88. The number of ether oxygens (including phenoxy) is 1. The lowest BCUT2D eigenvalue weighted by Gasteiger charge is -2.04. The maximum absolute atomic E-state index is 11.7. The van der Waals surface area contributed by atoms with Crippen molar-refractivity contribution in [3.05, 3.63) is 27.9 Å². The monoisotopic (exact) mass is 282 g/mol. The number of nitrogens with zero attached hydrogens (tertiary/aromatic N) is 2. The normalized spacial score (nSPS) is 10.8. The first kappa shape index (κ1) is 11.1. The van der Waals surface area contributed by atoms with Gasteiger partial charge in [-0.1, -0.05) is 0 Å². The number of halogens is 1. The molecule has 16 heavy (non-hydrogen) atoms. The van der Waals surface area contributed by atoms with Crippen LogP contribution < -0.4 is 0 Å². The van der Waals surface area contributed by atoms with Crippen molar-refractivity contribution in [3.8, 4) is 0 Å². The number of methoxy groups -OCH3 is 1. The largest absolute Gasteiger partial charge is 0.465 e. The highest BCUT2D eigenvalue weighted by atomic mass is 79.9. The van der Waals surface area contributed by atoms with Gasteiger partial charge in [-0.15, -0.1) is 0 Å². The van der Waals surface area contributed by atoms with Gasteiger partial charge >= 0.3 is 5.97 Å². The molecule has 0 aliphatic rings. The van der Waals surface area contributed by atoms with Gasteiger partial charge < -0.3 is 4.74 Å². The molecule has 0 radical (unpaired) electrons. The summed E-state index contributed by atoms with van der Waals surface area (Å²) < 4.78 is 7.26. The molecule has 0 aliphatic heterocycles. The van der Waals surface area contributed by atoms with Gasteiger partial charge in [-0.25, -0.2) is 4.79 Å². The Morgan fingerprint density at radius 3 is 2.81 bits per heavy atom. The van der Waals surface area contributed by atoms with Crippen LogP contribution in [-0.2, 0) is 11.8 Å². The van der Waals surface area contributed by atoms with E-state index < -0.39 is 0 Å². The molecule has 5 heteroatoms. The van der Waals surface area contributed by atoms with Gasteiger partial charge in [0.15, 0.2) is 0 Å². The van der Waals surface area contributed by atoms with E-state index in [0.717, 1.165) is 21.1 Å². The minimum atomic E-state index is -0.353. The van der Waals surface area contributed by atoms with E-state index in [-0.39, 0.29) is 5.97 Å². The fourth-order valence-corrected chi connectivity index (χ4v) is 2.21. The van der Waals surface area contributed by atoms with Gasteiger partial charge in [-0.05, 0) is 35.0 Å². The Kier molecular flexibility index (Phi) is 2.71. The summed E-state index contributed by atoms with van der Waals surface area (Å²) in [5.74, 6) is -0.353. The van der Waals surface area contributed by atoms with Crippen molar-refractivity contribution < 1.29 is 9.53 Å². The van der Waals surface area contributed by atoms with Crippen molar-refractivity contribution in [3.63, 3.8) is 0 Å². The molecule has 1 heterocycles. The molecule has 0 amide bonds. The SMILES string of the molecule is COC(=O)c1c(Br)ccc2nn(C)c(C)c12. The van der Waals surface area contributed by atoms with Gasteiger partial charge in [0.25, 0.3) is 0 Å². The van der Waals surface area contributed by atoms with E-state index >= 15 is 0 Å². The van der Waals surface area contributed by atoms with Crippen LogP contribution in [0.1, 0.15) is 16.1 Å². The Bertz CT molecular complexity index is 575. The fourth-order valence-electron chi connectivity index (χ4n) is 1.72. The van der Waals surface area contributed by atoms with Crippen LogP contribution in [0, 0.1) is 6.92 Å². The van der Waals surface area contributed by atoms with Crippen LogP contribution in [0.2, 0.25) is 0 Å². The van der Waals surface area contributed by atoms with E-state index in [1.54, 1.807) is 10.7 Å². The summed E-state index contributed by atoms with van der Waals surface area (Å²) in [7, 11) is 3.23. The average molecular weight is 283 g/mol. The highest BCUT2D eigenvalue weighted by Gasteiger charge is 2.18. The summed E-state index contributed by atoms with van der Waals surface area (Å²) in [6.45, 7) is 1.92. The van der Waals surface area contributed by atoms with Crippen molar-refractivity contribution in [2.24, 2.45) is 7.05 Å². The lowest BCUT2D eigenvalue weighted by molar-refractivity contribution is 0.0602. The zero-order valence-electron chi connectivity index (χ0n) is 9.24. The number of aromatic nitrogens is 2. The van der Waals surface area contributed by atoms with Crippen LogP contribution >= 0.6 is 15.9 Å². The molecule has 0 aliphatic carbocycles. The Morgan fingerprint density at radius 1 is 1.50 bits per heavy atom. The van der Waals surface area contributed by atoms with Crippen LogP contribution in [0.5, 0.6) is 0 Å². The summed E-state index contributed by atoms with van der Waals surface area (Å²) in [5, 5.41) is 5.16. The molecular formula is C11H11BrN2O2. The summed E-state index contributed by atoms with van der Waals surface area (Å²) in [5.41, 5.74) is 2.27. The number of rotatable bonds is 1. The summed E-state index contributed by atoms with van der Waals surface area (Å²) in [6, 6.07) is 3.68. The first-order valence-electron chi connectivity index (χ1n) is 4.76. The Labute approximate surface area is 101 Å². The Morgan fingerprint density at radius 2 is 2.19 bits per heavy atom.